The molecule has 0 N–H and O–H groups in total. The highest BCUT2D eigenvalue weighted by atomic mass is 15.3. The Labute approximate surface area is 208 Å². The van der Waals surface area contributed by atoms with E-state index in [1.165, 1.54) is 78.4 Å². The largest absolute Gasteiger partial charge is 0.328 e. The van der Waals surface area contributed by atoms with Gasteiger partial charge in [0.2, 0.25) is 0 Å². The van der Waals surface area contributed by atoms with E-state index in [4.69, 9.17) is 0 Å². The molecule has 0 saturated carbocycles. The lowest BCUT2D eigenvalue weighted by atomic mass is 9.88. The van der Waals surface area contributed by atoms with Gasteiger partial charge in [0.05, 0.1) is 54.4 Å². The zero-order valence-corrected chi connectivity index (χ0v) is 24.5. The number of hydrogen-bond donors (Lipinski definition) is 0. The Morgan fingerprint density at radius 2 is 1.45 bits per heavy atom. The molecular formula is C30H60N3+3. The lowest BCUT2D eigenvalue weighted by Gasteiger charge is -2.40. The van der Waals surface area contributed by atoms with Gasteiger partial charge in [-0.25, -0.2) is 4.57 Å². The van der Waals surface area contributed by atoms with Crippen molar-refractivity contribution in [3.63, 3.8) is 0 Å². The van der Waals surface area contributed by atoms with Gasteiger partial charge in [0, 0.05) is 34.8 Å². The van der Waals surface area contributed by atoms with E-state index >= 15 is 0 Å². The fraction of sp³-hybridized carbons (Fsp3) is 0.833. The summed E-state index contributed by atoms with van der Waals surface area (Å²) in [6, 6.07) is 2.22. The summed E-state index contributed by atoms with van der Waals surface area (Å²) in [7, 11) is 11.5. The normalized spacial score (nSPS) is 27.7. The number of aromatic nitrogens is 1. The Morgan fingerprint density at radius 3 is 1.94 bits per heavy atom. The van der Waals surface area contributed by atoms with Crippen molar-refractivity contribution in [1.29, 1.82) is 0 Å². The third kappa shape index (κ3) is 11.4. The maximum absolute atomic E-state index is 2.39. The number of hydrogen-bond acceptors (Lipinski definition) is 0. The van der Waals surface area contributed by atoms with Crippen molar-refractivity contribution in [2.45, 2.75) is 80.1 Å². The highest BCUT2D eigenvalue weighted by molar-refractivity contribution is 5.13. The van der Waals surface area contributed by atoms with E-state index in [0.717, 1.165) is 30.1 Å². The molecule has 33 heavy (non-hydrogen) atoms. The minimum Gasteiger partial charge on any atom is -0.328 e. The summed E-state index contributed by atoms with van der Waals surface area (Å²) >= 11 is 0. The van der Waals surface area contributed by atoms with Crippen LogP contribution in [0.25, 0.3) is 0 Å². The molecule has 0 spiro atoms. The van der Waals surface area contributed by atoms with Crippen molar-refractivity contribution in [2.75, 3.05) is 54.4 Å². The Morgan fingerprint density at radius 1 is 0.848 bits per heavy atom. The van der Waals surface area contributed by atoms with Gasteiger partial charge in [0.25, 0.3) is 0 Å². The fourth-order valence-electron chi connectivity index (χ4n) is 6.61. The minimum atomic E-state index is 0.934. The average Bonchev–Trinajstić information content (AvgIpc) is 3.00. The summed E-state index contributed by atoms with van der Waals surface area (Å²) in [4.78, 5) is 0. The SMILES string of the molecule is CCC1CC(C)C[N+](C)(C)C1.CCCC1C[N+](C)(C)CC1CC.CCc1cc(C)c[n+](C)c1. The Kier molecular flexibility index (Phi) is 12.6. The fourth-order valence-corrected chi connectivity index (χ4v) is 6.61. The van der Waals surface area contributed by atoms with Crippen LogP contribution in [0, 0.1) is 30.6 Å². The number of rotatable bonds is 5. The van der Waals surface area contributed by atoms with Crippen LogP contribution in [0.3, 0.4) is 0 Å². The molecule has 192 valence electrons. The van der Waals surface area contributed by atoms with E-state index in [1.807, 2.05) is 0 Å². The molecule has 0 amide bonds. The zero-order chi connectivity index (χ0) is 25.2. The van der Waals surface area contributed by atoms with Gasteiger partial charge < -0.3 is 8.97 Å². The topological polar surface area (TPSA) is 3.88 Å². The number of likely N-dealkylation sites (tertiary alicyclic amines) is 2. The van der Waals surface area contributed by atoms with Crippen LogP contribution in [0.1, 0.15) is 77.8 Å². The molecule has 2 aliphatic heterocycles. The van der Waals surface area contributed by atoms with Gasteiger partial charge in [0.15, 0.2) is 12.4 Å². The zero-order valence-electron chi connectivity index (χ0n) is 24.5. The smallest absolute Gasteiger partial charge is 0.171 e. The van der Waals surface area contributed by atoms with Crippen molar-refractivity contribution < 1.29 is 13.5 Å². The van der Waals surface area contributed by atoms with Gasteiger partial charge in [-0.15, -0.1) is 0 Å². The monoisotopic (exact) mass is 462 g/mol. The Balaban J connectivity index is 0.000000249. The lowest BCUT2D eigenvalue weighted by molar-refractivity contribution is -0.902. The molecule has 2 saturated heterocycles. The van der Waals surface area contributed by atoms with Crippen LogP contribution in [0.2, 0.25) is 0 Å². The van der Waals surface area contributed by atoms with Crippen molar-refractivity contribution in [1.82, 2.24) is 0 Å². The van der Waals surface area contributed by atoms with Crippen LogP contribution in [0.4, 0.5) is 0 Å². The first kappa shape index (κ1) is 30.1. The summed E-state index contributed by atoms with van der Waals surface area (Å²) in [5.41, 5.74) is 2.74. The molecule has 3 heterocycles. The molecule has 4 atom stereocenters. The molecule has 4 unspecified atom stereocenters. The second-order valence-corrected chi connectivity index (χ2v) is 12.7. The molecule has 2 fully saturated rings. The molecule has 0 bridgehead atoms. The Hall–Kier alpha value is -0.930. The van der Waals surface area contributed by atoms with Crippen molar-refractivity contribution in [2.24, 2.45) is 30.7 Å². The number of piperidine rings is 1. The summed E-state index contributed by atoms with van der Waals surface area (Å²) in [5.74, 6) is 3.92. The number of pyridine rings is 1. The average molecular weight is 463 g/mol. The van der Waals surface area contributed by atoms with E-state index in [-0.39, 0.29) is 0 Å². The van der Waals surface area contributed by atoms with Gasteiger partial charge in [0.1, 0.15) is 7.05 Å². The van der Waals surface area contributed by atoms with E-state index in [2.05, 4.69) is 99.8 Å². The first-order chi connectivity index (χ1) is 15.3. The standard InChI is InChI=1S/C11H24N.C10H22N.C9H14N/c1-5-7-11-9-12(3,4)8-10(11)6-2;1-5-10-6-9(2)7-11(3,4)8-10;1-4-9-5-8(2)6-10(3)7-9/h10-11H,5-9H2,1-4H3;9-10H,5-8H2,1-4H3;5-7H,4H2,1-3H3/q3*+1. The molecule has 0 radical (unpaired) electrons. The van der Waals surface area contributed by atoms with Gasteiger partial charge in [-0.05, 0) is 45.1 Å². The summed E-state index contributed by atoms with van der Waals surface area (Å²) < 4.78 is 4.59. The summed E-state index contributed by atoms with van der Waals surface area (Å²) in [5, 5.41) is 0. The molecule has 1 aromatic heterocycles. The van der Waals surface area contributed by atoms with Crippen LogP contribution >= 0.6 is 0 Å². The third-order valence-electron chi connectivity index (χ3n) is 7.78. The van der Waals surface area contributed by atoms with E-state index in [0.29, 0.717) is 0 Å². The number of aryl methyl sites for hydroxylation is 3. The molecule has 3 nitrogen and oxygen atoms in total. The lowest BCUT2D eigenvalue weighted by Crippen LogP contribution is -2.50. The summed E-state index contributed by atoms with van der Waals surface area (Å²) in [6.45, 7) is 19.2. The van der Waals surface area contributed by atoms with Gasteiger partial charge in [-0.2, -0.15) is 0 Å². The van der Waals surface area contributed by atoms with Crippen LogP contribution in [0.5, 0.6) is 0 Å². The predicted octanol–water partition coefficient (Wildman–Crippen LogP) is 6.03. The Bertz CT molecular complexity index is 659. The van der Waals surface area contributed by atoms with Crippen LogP contribution in [-0.4, -0.2) is 63.3 Å². The quantitative estimate of drug-likeness (QED) is 0.371. The number of nitrogens with zero attached hydrogens (tertiary/aromatic N) is 3. The molecule has 0 aliphatic carbocycles. The van der Waals surface area contributed by atoms with Crippen molar-refractivity contribution in [3.05, 3.63) is 29.6 Å². The second-order valence-electron chi connectivity index (χ2n) is 12.7. The third-order valence-corrected chi connectivity index (χ3v) is 7.78. The summed E-state index contributed by atoms with van der Waals surface area (Å²) in [6.07, 6.45) is 12.4. The number of quaternary nitrogens is 2. The highest BCUT2D eigenvalue weighted by Crippen LogP contribution is 2.32. The van der Waals surface area contributed by atoms with Crippen molar-refractivity contribution >= 4 is 0 Å². The molecular weight excluding hydrogens is 402 g/mol. The molecule has 1 aromatic rings. The predicted molar refractivity (Wildman–Crippen MR) is 145 cm³/mol. The first-order valence-electron chi connectivity index (χ1n) is 13.9. The first-order valence-corrected chi connectivity index (χ1v) is 13.9. The van der Waals surface area contributed by atoms with E-state index < -0.39 is 0 Å². The van der Waals surface area contributed by atoms with Gasteiger partial charge in [-0.1, -0.05) is 41.0 Å². The maximum atomic E-state index is 2.39. The second kappa shape index (κ2) is 13.8. The van der Waals surface area contributed by atoms with E-state index in [1.54, 1.807) is 0 Å². The molecule has 0 aromatic carbocycles. The van der Waals surface area contributed by atoms with E-state index in [9.17, 15) is 0 Å². The van der Waals surface area contributed by atoms with Crippen LogP contribution in [-0.2, 0) is 13.5 Å². The van der Waals surface area contributed by atoms with Crippen molar-refractivity contribution in [3.8, 4) is 0 Å². The molecule has 3 heteroatoms. The van der Waals surface area contributed by atoms with Gasteiger partial charge >= 0.3 is 0 Å². The molecule has 2 aliphatic rings. The van der Waals surface area contributed by atoms with Gasteiger partial charge in [-0.3, -0.25) is 0 Å². The van der Waals surface area contributed by atoms with Crippen LogP contribution < -0.4 is 4.57 Å². The highest BCUT2D eigenvalue weighted by Gasteiger charge is 2.37. The minimum absolute atomic E-state index is 0.934. The molecule has 3 rings (SSSR count). The van der Waals surface area contributed by atoms with Crippen LogP contribution in [0.15, 0.2) is 18.5 Å². The maximum Gasteiger partial charge on any atom is 0.171 e.